The molecule has 0 aliphatic rings. The van der Waals surface area contributed by atoms with E-state index in [2.05, 4.69) is 10.3 Å². The predicted octanol–water partition coefficient (Wildman–Crippen LogP) is 4.71. The number of carbonyl (C=O) groups is 1. The maximum atomic E-state index is 13.2. The minimum atomic E-state index is -4.45. The molecule has 1 atom stereocenters. The smallest absolute Gasteiger partial charge is 0.354 e. The summed E-state index contributed by atoms with van der Waals surface area (Å²) in [6, 6.07) is 8.87. The number of benzene rings is 1. The van der Waals surface area contributed by atoms with Crippen molar-refractivity contribution in [3.8, 4) is 0 Å². The summed E-state index contributed by atoms with van der Waals surface area (Å²) in [4.78, 5) is 16.8. The number of pyridine rings is 1. The van der Waals surface area contributed by atoms with Crippen LogP contribution in [0.1, 0.15) is 48.6 Å². The molecular weight excluding hydrogens is 367 g/mol. The second kappa shape index (κ2) is 7.66. The van der Waals surface area contributed by atoms with Gasteiger partial charge in [-0.2, -0.15) is 13.2 Å². The average molecular weight is 389 g/mol. The van der Waals surface area contributed by atoms with E-state index in [1.54, 1.807) is 12.3 Å². The molecule has 1 aromatic carbocycles. The maximum absolute atomic E-state index is 13.2. The van der Waals surface area contributed by atoms with Gasteiger partial charge in [0.1, 0.15) is 5.65 Å². The Kier molecular flexibility index (Phi) is 5.45. The Morgan fingerprint density at radius 3 is 2.64 bits per heavy atom. The second-order valence-electron chi connectivity index (χ2n) is 7.22. The van der Waals surface area contributed by atoms with Gasteiger partial charge in [-0.25, -0.2) is 4.98 Å². The lowest BCUT2D eigenvalue weighted by molar-refractivity contribution is -0.137. The lowest BCUT2D eigenvalue weighted by Gasteiger charge is -2.19. The van der Waals surface area contributed by atoms with Gasteiger partial charge in [0.15, 0.2) is 0 Å². The van der Waals surface area contributed by atoms with E-state index in [9.17, 15) is 18.0 Å². The molecule has 0 fully saturated rings. The largest absolute Gasteiger partial charge is 0.416 e. The van der Waals surface area contributed by atoms with E-state index in [0.29, 0.717) is 16.9 Å². The molecule has 0 aliphatic heterocycles. The number of hydrogen-bond acceptors (Lipinski definition) is 2. The summed E-state index contributed by atoms with van der Waals surface area (Å²) in [6.07, 6.45) is -0.963. The molecule has 28 heavy (non-hydrogen) atoms. The molecule has 0 saturated heterocycles. The van der Waals surface area contributed by atoms with Crippen LogP contribution in [0.25, 0.3) is 5.65 Å². The van der Waals surface area contributed by atoms with Crippen LogP contribution in [0, 0.1) is 6.92 Å². The van der Waals surface area contributed by atoms with Crippen LogP contribution in [-0.2, 0) is 11.0 Å². The molecule has 0 aliphatic carbocycles. The quantitative estimate of drug-likeness (QED) is 0.687. The summed E-state index contributed by atoms with van der Waals surface area (Å²) in [7, 11) is 0. The van der Waals surface area contributed by atoms with E-state index in [1.165, 1.54) is 6.07 Å². The molecular formula is C21H22F3N3O. The van der Waals surface area contributed by atoms with Crippen LogP contribution < -0.4 is 5.32 Å². The highest BCUT2D eigenvalue weighted by atomic mass is 19.4. The van der Waals surface area contributed by atoms with Gasteiger partial charge in [0.2, 0.25) is 5.91 Å². The molecule has 3 aromatic rings. The number of fused-ring (bicyclic) bond motifs is 1. The van der Waals surface area contributed by atoms with Gasteiger partial charge in [0.05, 0.1) is 11.3 Å². The molecule has 2 aromatic heterocycles. The number of imidazole rings is 1. The van der Waals surface area contributed by atoms with Crippen molar-refractivity contribution >= 4 is 11.6 Å². The molecule has 0 bridgehead atoms. The highest BCUT2D eigenvalue weighted by Crippen LogP contribution is 2.34. The van der Waals surface area contributed by atoms with Crippen molar-refractivity contribution in [3.63, 3.8) is 0 Å². The average Bonchev–Trinajstić information content (AvgIpc) is 3.01. The zero-order valence-corrected chi connectivity index (χ0v) is 15.9. The van der Waals surface area contributed by atoms with E-state index in [0.717, 1.165) is 17.7 Å². The molecule has 148 valence electrons. The Morgan fingerprint density at radius 2 is 1.96 bits per heavy atom. The number of aromatic nitrogens is 2. The molecule has 3 rings (SSSR count). The Balaban J connectivity index is 2.08. The third-order valence-electron chi connectivity index (χ3n) is 4.51. The Bertz CT molecular complexity index is 992. The van der Waals surface area contributed by atoms with Crippen LogP contribution in [0.2, 0.25) is 0 Å². The number of carbonyl (C=O) groups excluding carboxylic acids is 1. The summed E-state index contributed by atoms with van der Waals surface area (Å²) < 4.78 is 41.4. The fourth-order valence-corrected chi connectivity index (χ4v) is 3.25. The van der Waals surface area contributed by atoms with E-state index >= 15 is 0 Å². The van der Waals surface area contributed by atoms with Crippen molar-refractivity contribution in [2.45, 2.75) is 45.3 Å². The minimum absolute atomic E-state index is 0.0289. The highest BCUT2D eigenvalue weighted by molar-refractivity contribution is 5.77. The van der Waals surface area contributed by atoms with E-state index < -0.39 is 17.7 Å². The van der Waals surface area contributed by atoms with Crippen molar-refractivity contribution in [1.82, 2.24) is 14.7 Å². The molecule has 1 amide bonds. The third-order valence-corrected chi connectivity index (χ3v) is 4.51. The normalized spacial score (nSPS) is 13.1. The molecule has 7 heteroatoms. The maximum Gasteiger partial charge on any atom is 0.416 e. The van der Waals surface area contributed by atoms with Gasteiger partial charge in [0.25, 0.3) is 0 Å². The summed E-state index contributed by atoms with van der Waals surface area (Å²) in [6.45, 7) is 5.62. The topological polar surface area (TPSA) is 46.4 Å². The van der Waals surface area contributed by atoms with Gasteiger partial charge >= 0.3 is 6.18 Å². The monoisotopic (exact) mass is 389 g/mol. The first kappa shape index (κ1) is 19.9. The van der Waals surface area contributed by atoms with Gasteiger partial charge < -0.3 is 9.72 Å². The SMILES string of the molecule is Cc1ccn2c(C(CC(=O)NC(C)C)c3cccc(C(F)(F)F)c3)cnc2c1. The number of halogens is 3. The van der Waals surface area contributed by atoms with Crippen molar-refractivity contribution in [2.24, 2.45) is 0 Å². The van der Waals surface area contributed by atoms with Crippen molar-refractivity contribution in [3.05, 3.63) is 71.2 Å². The Labute approximate surface area is 161 Å². The van der Waals surface area contributed by atoms with Crippen molar-refractivity contribution in [1.29, 1.82) is 0 Å². The number of alkyl halides is 3. The summed E-state index contributed by atoms with van der Waals surface area (Å²) in [5.74, 6) is -0.779. The summed E-state index contributed by atoms with van der Waals surface area (Å²) in [5, 5.41) is 2.82. The van der Waals surface area contributed by atoms with Crippen molar-refractivity contribution in [2.75, 3.05) is 0 Å². The zero-order valence-electron chi connectivity index (χ0n) is 15.9. The molecule has 4 nitrogen and oxygen atoms in total. The predicted molar refractivity (Wildman–Crippen MR) is 101 cm³/mol. The zero-order chi connectivity index (χ0) is 20.5. The number of aryl methyl sites for hydroxylation is 1. The third kappa shape index (κ3) is 4.35. The number of nitrogens with zero attached hydrogens (tertiary/aromatic N) is 2. The molecule has 1 N–H and O–H groups in total. The molecule has 1 unspecified atom stereocenters. The molecule has 0 radical (unpaired) electrons. The van der Waals surface area contributed by atoms with Crippen LogP contribution in [-0.4, -0.2) is 21.3 Å². The first-order chi connectivity index (χ1) is 13.1. The fraction of sp³-hybridized carbons (Fsp3) is 0.333. The van der Waals surface area contributed by atoms with Gasteiger partial charge in [0, 0.05) is 30.8 Å². The Hall–Kier alpha value is -2.83. The van der Waals surface area contributed by atoms with E-state index in [4.69, 9.17) is 0 Å². The number of nitrogens with one attached hydrogen (secondary N) is 1. The van der Waals surface area contributed by atoms with Gasteiger partial charge in [-0.1, -0.05) is 18.2 Å². The number of hydrogen-bond donors (Lipinski definition) is 1. The fourth-order valence-electron chi connectivity index (χ4n) is 3.25. The van der Waals surface area contributed by atoms with Gasteiger partial charge in [-0.05, 0) is 50.1 Å². The van der Waals surface area contributed by atoms with Crippen molar-refractivity contribution < 1.29 is 18.0 Å². The summed E-state index contributed by atoms with van der Waals surface area (Å²) >= 11 is 0. The van der Waals surface area contributed by atoms with Gasteiger partial charge in [-0.3, -0.25) is 4.79 Å². The van der Waals surface area contributed by atoms with Crippen LogP contribution in [0.3, 0.4) is 0 Å². The minimum Gasteiger partial charge on any atom is -0.354 e. The van der Waals surface area contributed by atoms with Crippen LogP contribution in [0.4, 0.5) is 13.2 Å². The van der Waals surface area contributed by atoms with Crippen LogP contribution in [0.15, 0.2) is 48.8 Å². The number of amides is 1. The first-order valence-electron chi connectivity index (χ1n) is 9.05. The summed E-state index contributed by atoms with van der Waals surface area (Å²) in [5.41, 5.74) is 2.09. The molecule has 0 spiro atoms. The van der Waals surface area contributed by atoms with E-state index in [1.807, 2.05) is 43.5 Å². The molecule has 0 saturated carbocycles. The lowest BCUT2D eigenvalue weighted by atomic mass is 9.91. The van der Waals surface area contributed by atoms with Gasteiger partial charge in [-0.15, -0.1) is 0 Å². The highest BCUT2D eigenvalue weighted by Gasteiger charge is 2.32. The van der Waals surface area contributed by atoms with Crippen LogP contribution in [0.5, 0.6) is 0 Å². The lowest BCUT2D eigenvalue weighted by Crippen LogP contribution is -2.31. The Morgan fingerprint density at radius 1 is 1.21 bits per heavy atom. The van der Waals surface area contributed by atoms with Crippen LogP contribution >= 0.6 is 0 Å². The standard InChI is InChI=1S/C21H22F3N3O/c1-13(2)26-20(28)11-17(15-5-4-6-16(10-15)21(22,23)24)18-12-25-19-9-14(3)7-8-27(18)19/h4-10,12-13,17H,11H2,1-3H3,(H,26,28). The molecule has 2 heterocycles. The second-order valence-corrected chi connectivity index (χ2v) is 7.22. The van der Waals surface area contributed by atoms with E-state index in [-0.39, 0.29) is 18.4 Å². The first-order valence-corrected chi connectivity index (χ1v) is 9.05. The number of rotatable bonds is 5.